The molecule has 5 heteroatoms. The van der Waals surface area contributed by atoms with Crippen LogP contribution in [-0.4, -0.2) is 18.5 Å². The highest BCUT2D eigenvalue weighted by molar-refractivity contribution is 6.30. The SMILES string of the molecule is CCOC(=O)CC(=O)NCc1ccc(Cl)cc1. The van der Waals surface area contributed by atoms with Crippen LogP contribution in [-0.2, 0) is 20.9 Å². The molecule has 0 aliphatic rings. The first-order chi connectivity index (χ1) is 8.11. The number of benzene rings is 1. The van der Waals surface area contributed by atoms with Gasteiger partial charge in [0.05, 0.1) is 6.61 Å². The maximum Gasteiger partial charge on any atom is 0.315 e. The maximum atomic E-state index is 11.3. The molecular formula is C12H14ClNO3. The van der Waals surface area contributed by atoms with Crippen molar-refractivity contribution in [2.75, 3.05) is 6.61 Å². The first-order valence-electron chi connectivity index (χ1n) is 5.28. The summed E-state index contributed by atoms with van der Waals surface area (Å²) in [5, 5.41) is 3.27. The van der Waals surface area contributed by atoms with E-state index in [4.69, 9.17) is 11.6 Å². The molecule has 0 fully saturated rings. The molecule has 1 N–H and O–H groups in total. The van der Waals surface area contributed by atoms with Gasteiger partial charge >= 0.3 is 5.97 Å². The zero-order valence-electron chi connectivity index (χ0n) is 9.53. The highest BCUT2D eigenvalue weighted by atomic mass is 35.5. The second-order valence-corrected chi connectivity index (χ2v) is 3.82. The second kappa shape index (κ2) is 6.91. The van der Waals surface area contributed by atoms with E-state index in [0.717, 1.165) is 5.56 Å². The van der Waals surface area contributed by atoms with E-state index >= 15 is 0 Å². The molecule has 0 heterocycles. The normalized spacial score (nSPS) is 9.76. The van der Waals surface area contributed by atoms with Gasteiger partial charge in [0, 0.05) is 11.6 Å². The molecule has 1 rings (SSSR count). The Morgan fingerprint density at radius 2 is 1.94 bits per heavy atom. The lowest BCUT2D eigenvalue weighted by Gasteiger charge is -2.05. The van der Waals surface area contributed by atoms with Crippen LogP contribution in [0.3, 0.4) is 0 Å². The fraction of sp³-hybridized carbons (Fsp3) is 0.333. The van der Waals surface area contributed by atoms with E-state index in [1.165, 1.54) is 0 Å². The van der Waals surface area contributed by atoms with Gasteiger partial charge < -0.3 is 10.1 Å². The number of amides is 1. The molecule has 92 valence electrons. The molecule has 0 saturated heterocycles. The van der Waals surface area contributed by atoms with Gasteiger partial charge in [0.25, 0.3) is 0 Å². The average Bonchev–Trinajstić information content (AvgIpc) is 2.28. The minimum absolute atomic E-state index is 0.249. The van der Waals surface area contributed by atoms with Gasteiger partial charge in [0.1, 0.15) is 6.42 Å². The van der Waals surface area contributed by atoms with E-state index in [1.54, 1.807) is 19.1 Å². The number of ether oxygens (including phenoxy) is 1. The van der Waals surface area contributed by atoms with Crippen molar-refractivity contribution in [1.82, 2.24) is 5.32 Å². The molecular weight excluding hydrogens is 242 g/mol. The largest absolute Gasteiger partial charge is 0.466 e. The predicted molar refractivity (Wildman–Crippen MR) is 64.5 cm³/mol. The van der Waals surface area contributed by atoms with Crippen molar-refractivity contribution in [1.29, 1.82) is 0 Å². The summed E-state index contributed by atoms with van der Waals surface area (Å²) in [4.78, 5) is 22.3. The van der Waals surface area contributed by atoms with Gasteiger partial charge in [-0.25, -0.2) is 0 Å². The lowest BCUT2D eigenvalue weighted by Crippen LogP contribution is -2.26. The summed E-state index contributed by atoms with van der Waals surface area (Å²) in [7, 11) is 0. The third kappa shape index (κ3) is 5.36. The predicted octanol–water partition coefficient (Wildman–Crippen LogP) is 1.91. The van der Waals surface area contributed by atoms with Crippen molar-refractivity contribution in [3.63, 3.8) is 0 Å². The molecule has 17 heavy (non-hydrogen) atoms. The molecule has 0 radical (unpaired) electrons. The van der Waals surface area contributed by atoms with Crippen molar-refractivity contribution in [2.45, 2.75) is 19.9 Å². The lowest BCUT2D eigenvalue weighted by molar-refractivity contribution is -0.146. The Kier molecular flexibility index (Phi) is 5.49. The van der Waals surface area contributed by atoms with Crippen molar-refractivity contribution >= 4 is 23.5 Å². The first kappa shape index (κ1) is 13.5. The van der Waals surface area contributed by atoms with Gasteiger partial charge in [0.2, 0.25) is 5.91 Å². The van der Waals surface area contributed by atoms with Gasteiger partial charge in [-0.2, -0.15) is 0 Å². The fourth-order valence-corrected chi connectivity index (χ4v) is 1.33. The summed E-state index contributed by atoms with van der Waals surface area (Å²) in [6, 6.07) is 7.11. The van der Waals surface area contributed by atoms with Crippen LogP contribution in [0.25, 0.3) is 0 Å². The number of hydrogen-bond donors (Lipinski definition) is 1. The van der Waals surface area contributed by atoms with Crippen LogP contribution in [0.4, 0.5) is 0 Å². The Bertz CT molecular complexity index is 389. The van der Waals surface area contributed by atoms with Crippen LogP contribution in [0.1, 0.15) is 18.9 Å². The summed E-state index contributed by atoms with van der Waals surface area (Å²) < 4.78 is 4.66. The molecule has 0 saturated carbocycles. The van der Waals surface area contributed by atoms with Crippen molar-refractivity contribution in [3.05, 3.63) is 34.9 Å². The highest BCUT2D eigenvalue weighted by Gasteiger charge is 2.09. The number of nitrogens with one attached hydrogen (secondary N) is 1. The van der Waals surface area contributed by atoms with E-state index in [9.17, 15) is 9.59 Å². The Balaban J connectivity index is 2.33. The number of carbonyl (C=O) groups excluding carboxylic acids is 2. The molecule has 1 aromatic rings. The van der Waals surface area contributed by atoms with E-state index in [-0.39, 0.29) is 18.9 Å². The molecule has 0 bridgehead atoms. The first-order valence-corrected chi connectivity index (χ1v) is 5.66. The van der Waals surface area contributed by atoms with Crippen LogP contribution in [0.5, 0.6) is 0 Å². The number of rotatable bonds is 5. The smallest absolute Gasteiger partial charge is 0.315 e. The third-order valence-electron chi connectivity index (χ3n) is 2.01. The summed E-state index contributed by atoms with van der Waals surface area (Å²) >= 11 is 5.73. The molecule has 0 atom stereocenters. The topological polar surface area (TPSA) is 55.4 Å². The average molecular weight is 256 g/mol. The quantitative estimate of drug-likeness (QED) is 0.646. The van der Waals surface area contributed by atoms with E-state index in [1.807, 2.05) is 12.1 Å². The monoisotopic (exact) mass is 255 g/mol. The van der Waals surface area contributed by atoms with Crippen molar-refractivity contribution in [2.24, 2.45) is 0 Å². The van der Waals surface area contributed by atoms with Crippen LogP contribution < -0.4 is 5.32 Å². The third-order valence-corrected chi connectivity index (χ3v) is 2.27. The number of carbonyl (C=O) groups is 2. The lowest BCUT2D eigenvalue weighted by atomic mass is 10.2. The Labute approximate surface area is 105 Å². The van der Waals surface area contributed by atoms with Crippen LogP contribution in [0, 0.1) is 0 Å². The van der Waals surface area contributed by atoms with E-state index in [0.29, 0.717) is 11.6 Å². The summed E-state index contributed by atoms with van der Waals surface area (Å²) in [5.41, 5.74) is 0.923. The van der Waals surface area contributed by atoms with Crippen LogP contribution >= 0.6 is 11.6 Å². The standard InChI is InChI=1S/C12H14ClNO3/c1-2-17-12(16)7-11(15)14-8-9-3-5-10(13)6-4-9/h3-6H,2,7-8H2,1H3,(H,14,15). The fourth-order valence-electron chi connectivity index (χ4n) is 1.21. The van der Waals surface area contributed by atoms with E-state index < -0.39 is 5.97 Å². The molecule has 0 aliphatic carbocycles. The Hall–Kier alpha value is -1.55. The zero-order valence-corrected chi connectivity index (χ0v) is 10.3. The summed E-state index contributed by atoms with van der Waals surface area (Å²) in [5.74, 6) is -0.862. The maximum absolute atomic E-state index is 11.3. The molecule has 0 unspecified atom stereocenters. The Morgan fingerprint density at radius 1 is 1.29 bits per heavy atom. The van der Waals surface area contributed by atoms with Gasteiger partial charge in [-0.3, -0.25) is 9.59 Å². The molecule has 4 nitrogen and oxygen atoms in total. The summed E-state index contributed by atoms with van der Waals surface area (Å²) in [6.07, 6.45) is -0.249. The highest BCUT2D eigenvalue weighted by Crippen LogP contribution is 2.09. The van der Waals surface area contributed by atoms with Gasteiger partial charge in [0.15, 0.2) is 0 Å². The van der Waals surface area contributed by atoms with Crippen LogP contribution in [0.2, 0.25) is 5.02 Å². The number of esters is 1. The van der Waals surface area contributed by atoms with Crippen LogP contribution in [0.15, 0.2) is 24.3 Å². The summed E-state index contributed by atoms with van der Waals surface area (Å²) in [6.45, 7) is 2.35. The molecule has 1 aromatic carbocycles. The van der Waals surface area contributed by atoms with Gasteiger partial charge in [-0.05, 0) is 24.6 Å². The number of hydrogen-bond acceptors (Lipinski definition) is 3. The molecule has 0 aromatic heterocycles. The molecule has 0 spiro atoms. The van der Waals surface area contributed by atoms with Gasteiger partial charge in [-0.1, -0.05) is 23.7 Å². The number of halogens is 1. The van der Waals surface area contributed by atoms with Gasteiger partial charge in [-0.15, -0.1) is 0 Å². The molecule has 1 amide bonds. The van der Waals surface area contributed by atoms with E-state index in [2.05, 4.69) is 10.1 Å². The molecule has 0 aliphatic heterocycles. The van der Waals surface area contributed by atoms with Crippen molar-refractivity contribution < 1.29 is 14.3 Å². The minimum atomic E-state index is -0.513. The zero-order chi connectivity index (χ0) is 12.7. The second-order valence-electron chi connectivity index (χ2n) is 3.38. The van der Waals surface area contributed by atoms with Crippen molar-refractivity contribution in [3.8, 4) is 0 Å². The minimum Gasteiger partial charge on any atom is -0.466 e. The Morgan fingerprint density at radius 3 is 2.53 bits per heavy atom.